The van der Waals surface area contributed by atoms with Crippen molar-refractivity contribution in [3.63, 3.8) is 0 Å². The highest BCUT2D eigenvalue weighted by molar-refractivity contribution is 5.78. The molecule has 1 aliphatic rings. The first-order valence-corrected chi connectivity index (χ1v) is 6.29. The van der Waals surface area contributed by atoms with Crippen LogP contribution in [0.4, 0.5) is 0 Å². The van der Waals surface area contributed by atoms with E-state index < -0.39 is 0 Å². The molecular formula is C14H20N2O2. The lowest BCUT2D eigenvalue weighted by Gasteiger charge is -2.16. The quantitative estimate of drug-likeness (QED) is 0.875. The third-order valence-electron chi connectivity index (χ3n) is 3.26. The predicted molar refractivity (Wildman–Crippen MR) is 70.6 cm³/mol. The average molecular weight is 248 g/mol. The topological polar surface area (TPSA) is 55.6 Å². The van der Waals surface area contributed by atoms with Crippen molar-refractivity contribution >= 4 is 5.91 Å². The van der Waals surface area contributed by atoms with Gasteiger partial charge in [-0.1, -0.05) is 17.7 Å². The van der Waals surface area contributed by atoms with Gasteiger partial charge in [0, 0.05) is 19.1 Å². The molecule has 0 radical (unpaired) electrons. The Morgan fingerprint density at radius 1 is 1.50 bits per heavy atom. The van der Waals surface area contributed by atoms with Gasteiger partial charge in [-0.2, -0.15) is 0 Å². The summed E-state index contributed by atoms with van der Waals surface area (Å²) in [5.74, 6) is 0.792. The summed E-state index contributed by atoms with van der Waals surface area (Å²) in [7, 11) is 0. The van der Waals surface area contributed by atoms with E-state index in [1.807, 2.05) is 32.0 Å². The number of likely N-dealkylation sites (tertiary alicyclic amines) is 1. The van der Waals surface area contributed by atoms with Crippen molar-refractivity contribution in [1.82, 2.24) is 4.90 Å². The van der Waals surface area contributed by atoms with Crippen molar-refractivity contribution in [2.75, 3.05) is 19.7 Å². The van der Waals surface area contributed by atoms with Gasteiger partial charge in [0.15, 0.2) is 6.61 Å². The summed E-state index contributed by atoms with van der Waals surface area (Å²) in [5, 5.41) is 0. The van der Waals surface area contributed by atoms with Crippen LogP contribution in [0, 0.1) is 13.8 Å². The van der Waals surface area contributed by atoms with Gasteiger partial charge in [-0.25, -0.2) is 0 Å². The van der Waals surface area contributed by atoms with Crippen LogP contribution in [0.5, 0.6) is 5.75 Å². The Bertz CT molecular complexity index is 445. The minimum Gasteiger partial charge on any atom is -0.484 e. The Kier molecular flexibility index (Phi) is 3.87. The third-order valence-corrected chi connectivity index (χ3v) is 3.26. The highest BCUT2D eigenvalue weighted by Crippen LogP contribution is 2.19. The first kappa shape index (κ1) is 12.9. The van der Waals surface area contributed by atoms with E-state index >= 15 is 0 Å². The molecule has 1 aliphatic heterocycles. The molecule has 4 heteroatoms. The van der Waals surface area contributed by atoms with Crippen LogP contribution in [-0.2, 0) is 4.79 Å². The van der Waals surface area contributed by atoms with Gasteiger partial charge in [-0.05, 0) is 31.9 Å². The molecule has 0 aromatic heterocycles. The number of carbonyl (C=O) groups excluding carboxylic acids is 1. The molecule has 4 nitrogen and oxygen atoms in total. The summed E-state index contributed by atoms with van der Waals surface area (Å²) in [5.41, 5.74) is 8.02. The van der Waals surface area contributed by atoms with Gasteiger partial charge < -0.3 is 15.4 Å². The maximum absolute atomic E-state index is 11.9. The molecule has 2 rings (SSSR count). The molecule has 1 atom stereocenters. The lowest BCUT2D eigenvalue weighted by Crippen LogP contribution is -2.35. The first-order valence-electron chi connectivity index (χ1n) is 6.29. The zero-order valence-corrected chi connectivity index (χ0v) is 11.0. The molecule has 0 saturated carbocycles. The molecular weight excluding hydrogens is 228 g/mol. The number of nitrogens with zero attached hydrogens (tertiary/aromatic N) is 1. The van der Waals surface area contributed by atoms with Crippen LogP contribution in [0.15, 0.2) is 18.2 Å². The summed E-state index contributed by atoms with van der Waals surface area (Å²) in [6, 6.07) is 6.06. The Hall–Kier alpha value is -1.55. The Morgan fingerprint density at radius 2 is 2.28 bits per heavy atom. The van der Waals surface area contributed by atoms with Gasteiger partial charge in [0.05, 0.1) is 0 Å². The maximum Gasteiger partial charge on any atom is 0.260 e. The van der Waals surface area contributed by atoms with Gasteiger partial charge in [-0.15, -0.1) is 0 Å². The van der Waals surface area contributed by atoms with Crippen LogP contribution >= 0.6 is 0 Å². The summed E-state index contributed by atoms with van der Waals surface area (Å²) in [6.45, 7) is 5.51. The highest BCUT2D eigenvalue weighted by Gasteiger charge is 2.23. The lowest BCUT2D eigenvalue weighted by atomic mass is 10.1. The van der Waals surface area contributed by atoms with Crippen molar-refractivity contribution in [3.05, 3.63) is 29.3 Å². The van der Waals surface area contributed by atoms with Crippen LogP contribution in [0.3, 0.4) is 0 Å². The highest BCUT2D eigenvalue weighted by atomic mass is 16.5. The lowest BCUT2D eigenvalue weighted by molar-refractivity contribution is -0.132. The Labute approximate surface area is 108 Å². The Morgan fingerprint density at radius 3 is 2.89 bits per heavy atom. The van der Waals surface area contributed by atoms with Crippen molar-refractivity contribution in [3.8, 4) is 5.75 Å². The standard InChI is InChI=1S/C14H20N2O2/c1-10-3-4-13(11(2)7-10)18-9-14(17)16-6-5-12(15)8-16/h3-4,7,12H,5-6,8-9,15H2,1-2H3/t12-/m1/s1. The predicted octanol–water partition coefficient (Wildman–Crippen LogP) is 1.24. The molecule has 1 fully saturated rings. The molecule has 0 aliphatic carbocycles. The molecule has 1 amide bonds. The van der Waals surface area contributed by atoms with E-state index in [2.05, 4.69) is 0 Å². The van der Waals surface area contributed by atoms with Gasteiger partial charge in [-0.3, -0.25) is 4.79 Å². The zero-order valence-electron chi connectivity index (χ0n) is 11.0. The van der Waals surface area contributed by atoms with E-state index in [9.17, 15) is 4.79 Å². The van der Waals surface area contributed by atoms with Gasteiger partial charge in [0.2, 0.25) is 0 Å². The molecule has 1 aromatic rings. The van der Waals surface area contributed by atoms with E-state index in [1.54, 1.807) is 4.90 Å². The largest absolute Gasteiger partial charge is 0.484 e. The number of carbonyl (C=O) groups is 1. The molecule has 1 heterocycles. The molecule has 0 unspecified atom stereocenters. The number of benzene rings is 1. The summed E-state index contributed by atoms with van der Waals surface area (Å²) in [4.78, 5) is 13.7. The van der Waals surface area contributed by atoms with E-state index in [1.165, 1.54) is 5.56 Å². The van der Waals surface area contributed by atoms with Gasteiger partial charge >= 0.3 is 0 Å². The molecule has 18 heavy (non-hydrogen) atoms. The van der Waals surface area contributed by atoms with Crippen LogP contribution in [0.2, 0.25) is 0 Å². The van der Waals surface area contributed by atoms with Crippen LogP contribution in [-0.4, -0.2) is 36.5 Å². The summed E-state index contributed by atoms with van der Waals surface area (Å²) < 4.78 is 5.57. The molecule has 0 bridgehead atoms. The second-order valence-electron chi connectivity index (χ2n) is 4.95. The number of nitrogens with two attached hydrogens (primary N) is 1. The number of amides is 1. The van der Waals surface area contributed by atoms with E-state index in [0.29, 0.717) is 6.54 Å². The number of hydrogen-bond donors (Lipinski definition) is 1. The second-order valence-corrected chi connectivity index (χ2v) is 4.95. The summed E-state index contributed by atoms with van der Waals surface area (Å²) >= 11 is 0. The number of ether oxygens (including phenoxy) is 1. The first-order chi connectivity index (χ1) is 8.56. The molecule has 98 valence electrons. The SMILES string of the molecule is Cc1ccc(OCC(=O)N2CC[C@@H](N)C2)c(C)c1. The van der Waals surface area contributed by atoms with E-state index in [-0.39, 0.29) is 18.6 Å². The Balaban J connectivity index is 1.89. The number of hydrogen-bond acceptors (Lipinski definition) is 3. The normalized spacial score (nSPS) is 19.1. The summed E-state index contributed by atoms with van der Waals surface area (Å²) in [6.07, 6.45) is 0.884. The van der Waals surface area contributed by atoms with Gasteiger partial charge in [0.1, 0.15) is 5.75 Å². The van der Waals surface area contributed by atoms with Crippen molar-refractivity contribution in [2.24, 2.45) is 5.73 Å². The van der Waals surface area contributed by atoms with Crippen molar-refractivity contribution < 1.29 is 9.53 Å². The fourth-order valence-electron chi connectivity index (χ4n) is 2.21. The van der Waals surface area contributed by atoms with E-state index in [0.717, 1.165) is 24.3 Å². The van der Waals surface area contributed by atoms with Crippen molar-refractivity contribution in [2.45, 2.75) is 26.3 Å². The monoisotopic (exact) mass is 248 g/mol. The van der Waals surface area contributed by atoms with Crippen molar-refractivity contribution in [1.29, 1.82) is 0 Å². The minimum atomic E-state index is 0.0166. The molecule has 1 saturated heterocycles. The fraction of sp³-hybridized carbons (Fsp3) is 0.500. The zero-order chi connectivity index (χ0) is 13.1. The third kappa shape index (κ3) is 3.01. The molecule has 2 N–H and O–H groups in total. The smallest absolute Gasteiger partial charge is 0.260 e. The van der Waals surface area contributed by atoms with Gasteiger partial charge in [0.25, 0.3) is 5.91 Å². The van der Waals surface area contributed by atoms with E-state index in [4.69, 9.17) is 10.5 Å². The maximum atomic E-state index is 11.9. The van der Waals surface area contributed by atoms with Crippen LogP contribution in [0.1, 0.15) is 17.5 Å². The number of aryl methyl sites for hydroxylation is 2. The van der Waals surface area contributed by atoms with Crippen LogP contribution in [0.25, 0.3) is 0 Å². The molecule has 0 spiro atoms. The molecule has 1 aromatic carbocycles. The second kappa shape index (κ2) is 5.40. The van der Waals surface area contributed by atoms with Crippen LogP contribution < -0.4 is 10.5 Å². The fourth-order valence-corrected chi connectivity index (χ4v) is 2.21. The number of rotatable bonds is 3. The minimum absolute atomic E-state index is 0.0166. The average Bonchev–Trinajstić information content (AvgIpc) is 2.74.